The Bertz CT molecular complexity index is 712. The molecule has 0 bridgehead atoms. The maximum atomic E-state index is 13.0. The third-order valence-corrected chi connectivity index (χ3v) is 4.26. The number of benzene rings is 1. The fourth-order valence-electron chi connectivity index (χ4n) is 2.10. The van der Waals surface area contributed by atoms with Crippen LogP contribution in [0.4, 0.5) is 10.1 Å². The van der Waals surface area contributed by atoms with Gasteiger partial charge in [-0.1, -0.05) is 19.4 Å². The molecule has 0 atom stereocenters. The van der Waals surface area contributed by atoms with E-state index in [4.69, 9.17) is 4.74 Å². The third-order valence-electron chi connectivity index (χ3n) is 3.18. The fourth-order valence-corrected chi connectivity index (χ4v) is 3.07. The van der Waals surface area contributed by atoms with Crippen LogP contribution in [0.3, 0.4) is 0 Å². The zero-order valence-corrected chi connectivity index (χ0v) is 13.8. The molecule has 0 saturated heterocycles. The molecule has 0 unspecified atom stereocenters. The van der Waals surface area contributed by atoms with Crippen LogP contribution in [0.5, 0.6) is 0 Å². The molecule has 1 aromatic heterocycles. The number of carbonyl (C=O) groups excluding carboxylic acids is 2. The maximum absolute atomic E-state index is 13.0. The Morgan fingerprint density at radius 1 is 1.30 bits per heavy atom. The lowest BCUT2D eigenvalue weighted by Gasteiger charge is -2.05. The lowest BCUT2D eigenvalue weighted by Crippen LogP contribution is -2.20. The molecular weight excluding hydrogens is 317 g/mol. The molecule has 2 rings (SSSR count). The van der Waals surface area contributed by atoms with Gasteiger partial charge in [0.1, 0.15) is 10.7 Å². The summed E-state index contributed by atoms with van der Waals surface area (Å²) in [5.41, 5.74) is 1.46. The molecule has 1 aromatic carbocycles. The zero-order valence-electron chi connectivity index (χ0n) is 13.0. The van der Waals surface area contributed by atoms with Gasteiger partial charge in [0.05, 0.1) is 0 Å². The van der Waals surface area contributed by atoms with E-state index in [1.54, 1.807) is 6.07 Å². The zero-order chi connectivity index (χ0) is 16.8. The molecule has 0 aliphatic heterocycles. The fraction of sp³-hybridized carbons (Fsp3) is 0.294. The largest absolute Gasteiger partial charge is 0.451 e. The van der Waals surface area contributed by atoms with Gasteiger partial charge in [-0.2, -0.15) is 0 Å². The minimum atomic E-state index is -0.519. The number of anilines is 1. The summed E-state index contributed by atoms with van der Waals surface area (Å²) < 4.78 is 18.0. The van der Waals surface area contributed by atoms with Crippen molar-refractivity contribution in [2.45, 2.75) is 26.7 Å². The van der Waals surface area contributed by atoms with Crippen molar-refractivity contribution in [1.82, 2.24) is 0 Å². The molecule has 6 heteroatoms. The standard InChI is InChI=1S/C17H18FNO3S/c1-3-5-12-8-15(23-11(12)2)17(21)22-10-16(20)19-14-7-4-6-13(18)9-14/h4,6-9H,3,5,10H2,1-2H3,(H,19,20). The van der Waals surface area contributed by atoms with Crippen LogP contribution in [0.15, 0.2) is 30.3 Å². The highest BCUT2D eigenvalue weighted by Gasteiger charge is 2.15. The van der Waals surface area contributed by atoms with Gasteiger partial charge in [-0.25, -0.2) is 9.18 Å². The van der Waals surface area contributed by atoms with E-state index in [1.807, 2.05) is 13.0 Å². The van der Waals surface area contributed by atoms with Crippen molar-refractivity contribution in [3.05, 3.63) is 51.5 Å². The second-order valence-electron chi connectivity index (χ2n) is 5.08. The smallest absolute Gasteiger partial charge is 0.348 e. The molecule has 2 aromatic rings. The summed E-state index contributed by atoms with van der Waals surface area (Å²) in [5, 5.41) is 2.47. The van der Waals surface area contributed by atoms with E-state index in [9.17, 15) is 14.0 Å². The third kappa shape index (κ3) is 4.89. The molecule has 0 radical (unpaired) electrons. The van der Waals surface area contributed by atoms with Crippen LogP contribution in [-0.4, -0.2) is 18.5 Å². The van der Waals surface area contributed by atoms with Crippen molar-refractivity contribution < 1.29 is 18.7 Å². The molecule has 0 aliphatic carbocycles. The van der Waals surface area contributed by atoms with Gasteiger partial charge in [-0.05, 0) is 43.2 Å². The highest BCUT2D eigenvalue weighted by molar-refractivity contribution is 7.14. The Balaban J connectivity index is 1.88. The summed E-state index contributed by atoms with van der Waals surface area (Å²) in [4.78, 5) is 25.3. The van der Waals surface area contributed by atoms with Crippen molar-refractivity contribution in [3.63, 3.8) is 0 Å². The maximum Gasteiger partial charge on any atom is 0.348 e. The van der Waals surface area contributed by atoms with E-state index in [0.717, 1.165) is 23.3 Å². The van der Waals surface area contributed by atoms with E-state index in [1.165, 1.54) is 29.5 Å². The number of esters is 1. The predicted octanol–water partition coefficient (Wildman–Crippen LogP) is 3.94. The summed E-state index contributed by atoms with van der Waals surface area (Å²) in [5.74, 6) is -1.47. The Morgan fingerprint density at radius 2 is 2.09 bits per heavy atom. The summed E-state index contributed by atoms with van der Waals surface area (Å²) >= 11 is 1.36. The number of amides is 1. The monoisotopic (exact) mass is 335 g/mol. The van der Waals surface area contributed by atoms with Crippen LogP contribution in [0, 0.1) is 12.7 Å². The Kier molecular flexibility index (Phi) is 5.87. The molecule has 122 valence electrons. The van der Waals surface area contributed by atoms with Gasteiger partial charge in [0, 0.05) is 10.6 Å². The minimum absolute atomic E-state index is 0.322. The summed E-state index contributed by atoms with van der Waals surface area (Å²) in [6.45, 7) is 3.63. The molecule has 1 N–H and O–H groups in total. The molecule has 0 saturated carbocycles. The van der Waals surface area contributed by atoms with Crippen molar-refractivity contribution >= 4 is 28.9 Å². The lowest BCUT2D eigenvalue weighted by molar-refractivity contribution is -0.119. The van der Waals surface area contributed by atoms with Crippen molar-refractivity contribution in [1.29, 1.82) is 0 Å². The van der Waals surface area contributed by atoms with Crippen LogP contribution in [0.1, 0.15) is 33.5 Å². The molecule has 0 fully saturated rings. The minimum Gasteiger partial charge on any atom is -0.451 e. The van der Waals surface area contributed by atoms with E-state index in [0.29, 0.717) is 10.6 Å². The van der Waals surface area contributed by atoms with Crippen molar-refractivity contribution in [2.24, 2.45) is 0 Å². The second-order valence-corrected chi connectivity index (χ2v) is 6.33. The number of carbonyl (C=O) groups is 2. The van der Waals surface area contributed by atoms with Gasteiger partial charge in [0.25, 0.3) is 5.91 Å². The second kappa shape index (κ2) is 7.87. The molecule has 23 heavy (non-hydrogen) atoms. The average molecular weight is 335 g/mol. The number of rotatable bonds is 6. The van der Waals surface area contributed by atoms with E-state index in [2.05, 4.69) is 12.2 Å². The Hall–Kier alpha value is -2.21. The van der Waals surface area contributed by atoms with Crippen LogP contribution >= 0.6 is 11.3 Å². The SMILES string of the molecule is CCCc1cc(C(=O)OCC(=O)Nc2cccc(F)c2)sc1C. The average Bonchev–Trinajstić information content (AvgIpc) is 2.86. The van der Waals surface area contributed by atoms with Gasteiger partial charge >= 0.3 is 5.97 Å². The first-order valence-corrected chi connectivity index (χ1v) is 8.13. The lowest BCUT2D eigenvalue weighted by atomic mass is 10.1. The van der Waals surface area contributed by atoms with Crippen LogP contribution in [-0.2, 0) is 16.0 Å². The number of hydrogen-bond acceptors (Lipinski definition) is 4. The quantitative estimate of drug-likeness (QED) is 0.814. The number of aryl methyl sites for hydroxylation is 2. The number of halogens is 1. The van der Waals surface area contributed by atoms with Crippen LogP contribution < -0.4 is 5.32 Å². The molecule has 1 heterocycles. The molecule has 4 nitrogen and oxygen atoms in total. The van der Waals surface area contributed by atoms with Gasteiger partial charge in [-0.15, -0.1) is 11.3 Å². The van der Waals surface area contributed by atoms with Crippen LogP contribution in [0.25, 0.3) is 0 Å². The number of thiophene rings is 1. The normalized spacial score (nSPS) is 10.4. The highest BCUT2D eigenvalue weighted by Crippen LogP contribution is 2.23. The first-order chi connectivity index (χ1) is 11.0. The first kappa shape index (κ1) is 17.1. The van der Waals surface area contributed by atoms with E-state index in [-0.39, 0.29) is 0 Å². The van der Waals surface area contributed by atoms with Gasteiger partial charge < -0.3 is 10.1 Å². The molecule has 0 aliphatic rings. The highest BCUT2D eigenvalue weighted by atomic mass is 32.1. The molecule has 0 spiro atoms. The number of ether oxygens (including phenoxy) is 1. The summed E-state index contributed by atoms with van der Waals surface area (Å²) in [7, 11) is 0. The Morgan fingerprint density at radius 3 is 2.78 bits per heavy atom. The van der Waals surface area contributed by atoms with Gasteiger partial charge in [0.2, 0.25) is 0 Å². The topological polar surface area (TPSA) is 55.4 Å². The Labute approximate surface area is 138 Å². The van der Waals surface area contributed by atoms with Gasteiger partial charge in [-0.3, -0.25) is 4.79 Å². The predicted molar refractivity (Wildman–Crippen MR) is 88.4 cm³/mol. The first-order valence-electron chi connectivity index (χ1n) is 7.31. The van der Waals surface area contributed by atoms with Gasteiger partial charge in [0.15, 0.2) is 6.61 Å². The molecule has 1 amide bonds. The van der Waals surface area contributed by atoms with E-state index < -0.39 is 24.3 Å². The van der Waals surface area contributed by atoms with Crippen LogP contribution in [0.2, 0.25) is 0 Å². The van der Waals surface area contributed by atoms with Crippen molar-refractivity contribution in [3.8, 4) is 0 Å². The number of hydrogen-bond donors (Lipinski definition) is 1. The molecular formula is C17H18FNO3S. The number of nitrogens with one attached hydrogen (secondary N) is 1. The summed E-state index contributed by atoms with van der Waals surface area (Å²) in [6, 6.07) is 7.33. The van der Waals surface area contributed by atoms with Crippen molar-refractivity contribution in [2.75, 3.05) is 11.9 Å². The summed E-state index contributed by atoms with van der Waals surface area (Å²) in [6.07, 6.45) is 1.91. The van der Waals surface area contributed by atoms with E-state index >= 15 is 0 Å².